The van der Waals surface area contributed by atoms with Crippen molar-refractivity contribution in [1.29, 1.82) is 0 Å². The van der Waals surface area contributed by atoms with Crippen LogP contribution in [0.25, 0.3) is 6.08 Å². The van der Waals surface area contributed by atoms with Gasteiger partial charge >= 0.3 is 5.97 Å². The molecule has 5 nitrogen and oxygen atoms in total. The van der Waals surface area contributed by atoms with E-state index in [2.05, 4.69) is 0 Å². The molecule has 0 radical (unpaired) electrons. The molecule has 0 bridgehead atoms. The molecule has 24 heavy (non-hydrogen) atoms. The van der Waals surface area contributed by atoms with Crippen LogP contribution in [-0.2, 0) is 14.3 Å². The molecule has 1 aromatic heterocycles. The van der Waals surface area contributed by atoms with Crippen LogP contribution < -0.4 is 4.90 Å². The van der Waals surface area contributed by atoms with Crippen molar-refractivity contribution in [2.75, 3.05) is 12.0 Å². The molecule has 0 aliphatic carbocycles. The quantitative estimate of drug-likeness (QED) is 0.482. The molecule has 2 heterocycles. The highest BCUT2D eigenvalue weighted by Crippen LogP contribution is 2.36. The number of rotatable bonds is 3. The van der Waals surface area contributed by atoms with E-state index in [4.69, 9.17) is 20.8 Å². The van der Waals surface area contributed by atoms with Crippen molar-refractivity contribution in [2.24, 2.45) is 0 Å². The van der Waals surface area contributed by atoms with Gasteiger partial charge in [-0.3, -0.25) is 4.79 Å². The van der Waals surface area contributed by atoms with E-state index in [1.807, 2.05) is 0 Å². The average Bonchev–Trinajstić information content (AvgIpc) is 3.16. The normalized spacial score (nSPS) is 16.2. The molecule has 6 heteroatoms. The molecule has 0 fully saturated rings. The third kappa shape index (κ3) is 2.74. The number of nitrogens with zero attached hydrogens (tertiary/aromatic N) is 1. The molecule has 0 spiro atoms. The maximum Gasteiger partial charge on any atom is 0.343 e. The maximum atomic E-state index is 12.8. The molecule has 0 saturated heterocycles. The van der Waals surface area contributed by atoms with Gasteiger partial charge in [0.2, 0.25) is 5.78 Å². The Bertz CT molecular complexity index is 848. The fourth-order valence-electron chi connectivity index (χ4n) is 2.59. The number of allylic oxidation sites excluding steroid dienone is 2. The molecule has 1 aliphatic heterocycles. The monoisotopic (exact) mass is 343 g/mol. The number of ether oxygens (including phenoxy) is 1. The van der Waals surface area contributed by atoms with E-state index in [1.54, 1.807) is 54.3 Å². The summed E-state index contributed by atoms with van der Waals surface area (Å²) < 4.78 is 10.0. The number of hydrogen-bond donors (Lipinski definition) is 0. The van der Waals surface area contributed by atoms with Gasteiger partial charge in [-0.15, -0.1) is 0 Å². The Morgan fingerprint density at radius 3 is 2.54 bits per heavy atom. The Morgan fingerprint density at radius 1 is 1.25 bits per heavy atom. The molecule has 1 aromatic carbocycles. The van der Waals surface area contributed by atoms with Crippen LogP contribution in [0, 0.1) is 0 Å². The zero-order chi connectivity index (χ0) is 17.3. The lowest BCUT2D eigenvalue weighted by molar-refractivity contribution is -0.137. The summed E-state index contributed by atoms with van der Waals surface area (Å²) in [7, 11) is 1.25. The van der Waals surface area contributed by atoms with Crippen molar-refractivity contribution in [3.05, 3.63) is 70.4 Å². The minimum atomic E-state index is -0.667. The van der Waals surface area contributed by atoms with Crippen LogP contribution in [0.2, 0.25) is 5.02 Å². The summed E-state index contributed by atoms with van der Waals surface area (Å²) in [6, 6.07) is 10.4. The molecule has 0 N–H and O–H groups in total. The summed E-state index contributed by atoms with van der Waals surface area (Å²) >= 11 is 5.94. The van der Waals surface area contributed by atoms with E-state index in [1.165, 1.54) is 13.4 Å². The predicted molar refractivity (Wildman–Crippen MR) is 90.3 cm³/mol. The van der Waals surface area contributed by atoms with Crippen LogP contribution >= 0.6 is 11.6 Å². The first-order valence-corrected chi connectivity index (χ1v) is 7.55. The number of methoxy groups -OCH3 is 1. The van der Waals surface area contributed by atoms with Gasteiger partial charge < -0.3 is 14.1 Å². The number of esters is 1. The first kappa shape index (κ1) is 16.1. The van der Waals surface area contributed by atoms with Gasteiger partial charge in [0.1, 0.15) is 11.3 Å². The van der Waals surface area contributed by atoms with Crippen molar-refractivity contribution in [2.45, 2.75) is 6.92 Å². The van der Waals surface area contributed by atoms with Crippen LogP contribution in [0.3, 0.4) is 0 Å². The minimum absolute atomic E-state index is 0.00487. The lowest BCUT2D eigenvalue weighted by atomic mass is 10.1. The second-order valence-electron chi connectivity index (χ2n) is 5.14. The second-order valence-corrected chi connectivity index (χ2v) is 5.57. The molecule has 122 valence electrons. The fraction of sp³-hybridized carbons (Fsp3) is 0.111. The van der Waals surface area contributed by atoms with Crippen molar-refractivity contribution >= 4 is 35.1 Å². The number of carbonyl (C=O) groups is 2. The van der Waals surface area contributed by atoms with E-state index in [-0.39, 0.29) is 5.57 Å². The summed E-state index contributed by atoms with van der Waals surface area (Å²) in [6.45, 7) is 1.70. The average molecular weight is 344 g/mol. The summed E-state index contributed by atoms with van der Waals surface area (Å²) in [5, 5.41) is 0.579. The summed E-state index contributed by atoms with van der Waals surface area (Å²) in [4.78, 5) is 26.5. The SMILES string of the molecule is COC(=O)C1=C(C)N(c2ccc(Cl)cc2)/C(=C/c2ccco2)C1=O. The first-order chi connectivity index (χ1) is 11.5. The van der Waals surface area contributed by atoms with Crippen LogP contribution in [-0.4, -0.2) is 18.9 Å². The van der Waals surface area contributed by atoms with Gasteiger partial charge in [0.15, 0.2) is 0 Å². The van der Waals surface area contributed by atoms with E-state index in [0.29, 0.717) is 27.9 Å². The zero-order valence-corrected chi connectivity index (χ0v) is 13.8. The highest BCUT2D eigenvalue weighted by Gasteiger charge is 2.38. The van der Waals surface area contributed by atoms with E-state index in [0.717, 1.165) is 0 Å². The van der Waals surface area contributed by atoms with Crippen molar-refractivity contribution in [1.82, 2.24) is 0 Å². The van der Waals surface area contributed by atoms with Crippen LogP contribution in [0.5, 0.6) is 0 Å². The summed E-state index contributed by atoms with van der Waals surface area (Å²) in [5.41, 5.74) is 1.52. The predicted octanol–water partition coefficient (Wildman–Crippen LogP) is 3.81. The third-order valence-electron chi connectivity index (χ3n) is 3.69. The Kier molecular flexibility index (Phi) is 4.27. The maximum absolute atomic E-state index is 12.8. The van der Waals surface area contributed by atoms with Gasteiger partial charge in [-0.1, -0.05) is 11.6 Å². The second kappa shape index (κ2) is 6.37. The lowest BCUT2D eigenvalue weighted by Crippen LogP contribution is -2.18. The molecule has 2 aromatic rings. The number of carbonyl (C=O) groups excluding carboxylic acids is 2. The smallest absolute Gasteiger partial charge is 0.343 e. The van der Waals surface area contributed by atoms with Crippen molar-refractivity contribution in [3.63, 3.8) is 0 Å². The molecule has 1 aliphatic rings. The van der Waals surface area contributed by atoms with E-state index >= 15 is 0 Å². The Labute approximate surface area is 143 Å². The molecule has 0 atom stereocenters. The van der Waals surface area contributed by atoms with Gasteiger partial charge in [0.25, 0.3) is 0 Å². The summed E-state index contributed by atoms with van der Waals surface area (Å²) in [6.07, 6.45) is 3.11. The Balaban J connectivity index is 2.15. The topological polar surface area (TPSA) is 59.8 Å². The van der Waals surface area contributed by atoms with Crippen LogP contribution in [0.1, 0.15) is 12.7 Å². The lowest BCUT2D eigenvalue weighted by Gasteiger charge is -2.21. The van der Waals surface area contributed by atoms with Crippen molar-refractivity contribution in [3.8, 4) is 0 Å². The highest BCUT2D eigenvalue weighted by molar-refractivity contribution is 6.31. The number of halogens is 1. The first-order valence-electron chi connectivity index (χ1n) is 7.17. The number of furan rings is 1. The minimum Gasteiger partial charge on any atom is -0.465 e. The van der Waals surface area contributed by atoms with Gasteiger partial charge in [0.05, 0.1) is 19.1 Å². The zero-order valence-electron chi connectivity index (χ0n) is 13.1. The Morgan fingerprint density at radius 2 is 1.96 bits per heavy atom. The number of ketones is 1. The number of hydrogen-bond acceptors (Lipinski definition) is 5. The third-order valence-corrected chi connectivity index (χ3v) is 3.95. The standard InChI is InChI=1S/C18H14ClNO4/c1-11-16(18(22)23-2)17(21)15(10-14-4-3-9-24-14)20(11)13-7-5-12(19)6-8-13/h3-10H,1-2H3/b15-10+. The van der Waals surface area contributed by atoms with Gasteiger partial charge in [-0.2, -0.15) is 0 Å². The number of anilines is 1. The number of benzene rings is 1. The molecular weight excluding hydrogens is 330 g/mol. The van der Waals surface area contributed by atoms with Crippen molar-refractivity contribution < 1.29 is 18.7 Å². The molecule has 0 amide bonds. The summed E-state index contributed by atoms with van der Waals surface area (Å²) in [5.74, 6) is -0.568. The van der Waals surface area contributed by atoms with Gasteiger partial charge in [0, 0.05) is 22.5 Å². The van der Waals surface area contributed by atoms with Gasteiger partial charge in [-0.05, 0) is 43.3 Å². The van der Waals surface area contributed by atoms with Gasteiger partial charge in [-0.25, -0.2) is 4.79 Å². The van der Waals surface area contributed by atoms with E-state index < -0.39 is 11.8 Å². The number of Topliss-reactive ketones (excluding diaryl/α,β-unsaturated/α-hetero) is 1. The molecule has 0 unspecified atom stereocenters. The molecular formula is C18H14ClNO4. The Hall–Kier alpha value is -2.79. The van der Waals surface area contributed by atoms with Crippen LogP contribution in [0.4, 0.5) is 5.69 Å². The largest absolute Gasteiger partial charge is 0.465 e. The molecule has 0 saturated carbocycles. The van der Waals surface area contributed by atoms with E-state index in [9.17, 15) is 9.59 Å². The highest BCUT2D eigenvalue weighted by atomic mass is 35.5. The fourth-order valence-corrected chi connectivity index (χ4v) is 2.72. The molecule has 3 rings (SSSR count). The van der Waals surface area contributed by atoms with Crippen LogP contribution in [0.15, 0.2) is 64.0 Å².